The lowest BCUT2D eigenvalue weighted by Gasteiger charge is -2.18. The Bertz CT molecular complexity index is 991. The lowest BCUT2D eigenvalue weighted by Crippen LogP contribution is -2.16. The third kappa shape index (κ3) is 6.06. The topological polar surface area (TPSA) is 43.4 Å². The number of ketones is 1. The van der Waals surface area contributed by atoms with Crippen molar-refractivity contribution in [2.24, 2.45) is 0 Å². The molecule has 3 nitrogen and oxygen atoms in total. The van der Waals surface area contributed by atoms with E-state index in [1.54, 1.807) is 24.3 Å². The molecule has 0 spiro atoms. The minimum Gasteiger partial charge on any atom is -0.464 e. The van der Waals surface area contributed by atoms with E-state index in [9.17, 15) is 9.59 Å². The fraction of sp³-hybridized carbons (Fsp3) is 0.120. The van der Waals surface area contributed by atoms with Gasteiger partial charge in [0.15, 0.2) is 5.78 Å². The number of esters is 1. The van der Waals surface area contributed by atoms with Gasteiger partial charge < -0.3 is 4.74 Å². The van der Waals surface area contributed by atoms with Crippen LogP contribution in [0, 0.1) is 0 Å². The first-order valence-corrected chi connectivity index (χ1v) is 10.2. The average Bonchev–Trinajstić information content (AvgIpc) is 2.76. The maximum Gasteiger partial charge on any atom is 0.313 e. The lowest BCUT2D eigenvalue weighted by molar-refractivity contribution is -0.145. The molecule has 30 heavy (non-hydrogen) atoms. The van der Waals surface area contributed by atoms with E-state index in [-0.39, 0.29) is 24.7 Å². The Morgan fingerprint density at radius 2 is 1.43 bits per heavy atom. The van der Waals surface area contributed by atoms with Crippen LogP contribution in [0.1, 0.15) is 29.0 Å². The summed E-state index contributed by atoms with van der Waals surface area (Å²) in [5.74, 6) is -1.04. The highest BCUT2D eigenvalue weighted by molar-refractivity contribution is 6.42. The molecule has 3 rings (SSSR count). The summed E-state index contributed by atoms with van der Waals surface area (Å²) in [6, 6.07) is 24.8. The van der Waals surface area contributed by atoms with Gasteiger partial charge in [-0.3, -0.25) is 9.59 Å². The minimum atomic E-state index is -0.571. The van der Waals surface area contributed by atoms with E-state index in [4.69, 9.17) is 27.9 Å². The molecule has 0 saturated carbocycles. The predicted octanol–water partition coefficient (Wildman–Crippen LogP) is 6.34. The van der Waals surface area contributed by atoms with Crippen LogP contribution in [0.15, 0.2) is 84.9 Å². The quantitative estimate of drug-likeness (QED) is 0.234. The van der Waals surface area contributed by atoms with Crippen molar-refractivity contribution in [3.63, 3.8) is 0 Å². The van der Waals surface area contributed by atoms with Crippen LogP contribution in [0.25, 0.3) is 6.08 Å². The van der Waals surface area contributed by atoms with Crippen molar-refractivity contribution in [1.29, 1.82) is 0 Å². The van der Waals surface area contributed by atoms with Gasteiger partial charge in [-0.25, -0.2) is 0 Å². The molecule has 0 aliphatic heterocycles. The van der Waals surface area contributed by atoms with E-state index in [0.29, 0.717) is 15.6 Å². The summed E-state index contributed by atoms with van der Waals surface area (Å²) in [6.07, 6.45) is 2.51. The number of allylic oxidation sites excluding steroid dienone is 1. The van der Waals surface area contributed by atoms with Crippen molar-refractivity contribution >= 4 is 41.0 Å². The summed E-state index contributed by atoms with van der Waals surface area (Å²) in [4.78, 5) is 24.4. The first kappa shape index (κ1) is 21.8. The predicted molar refractivity (Wildman–Crippen MR) is 121 cm³/mol. The Hall–Kier alpha value is -2.88. The summed E-state index contributed by atoms with van der Waals surface area (Å²) < 4.78 is 5.44. The van der Waals surface area contributed by atoms with Crippen LogP contribution in [0.5, 0.6) is 0 Å². The molecule has 3 aromatic rings. The van der Waals surface area contributed by atoms with E-state index >= 15 is 0 Å². The van der Waals surface area contributed by atoms with Crippen LogP contribution >= 0.6 is 23.2 Å². The number of ether oxygens (including phenoxy) is 1. The van der Waals surface area contributed by atoms with E-state index in [0.717, 1.165) is 11.1 Å². The first-order chi connectivity index (χ1) is 14.5. The second-order valence-electron chi connectivity index (χ2n) is 6.68. The Kier molecular flexibility index (Phi) is 7.83. The van der Waals surface area contributed by atoms with Crippen LogP contribution < -0.4 is 0 Å². The molecule has 3 aromatic carbocycles. The van der Waals surface area contributed by atoms with Gasteiger partial charge >= 0.3 is 5.97 Å². The fourth-order valence-electron chi connectivity index (χ4n) is 3.02. The van der Waals surface area contributed by atoms with Crippen molar-refractivity contribution in [2.45, 2.75) is 12.3 Å². The maximum absolute atomic E-state index is 12.2. The van der Waals surface area contributed by atoms with Crippen molar-refractivity contribution in [2.75, 3.05) is 6.61 Å². The van der Waals surface area contributed by atoms with Gasteiger partial charge in [-0.2, -0.15) is 0 Å². The molecular formula is C25H20Cl2O3. The van der Waals surface area contributed by atoms with E-state index in [1.807, 2.05) is 60.7 Å². The third-order valence-electron chi connectivity index (χ3n) is 4.56. The van der Waals surface area contributed by atoms with Crippen LogP contribution in [0.2, 0.25) is 10.0 Å². The van der Waals surface area contributed by atoms with Crippen LogP contribution in [-0.2, 0) is 14.3 Å². The molecule has 0 aliphatic carbocycles. The van der Waals surface area contributed by atoms with E-state index in [2.05, 4.69) is 0 Å². The van der Waals surface area contributed by atoms with Crippen LogP contribution in [0.4, 0.5) is 0 Å². The second kappa shape index (κ2) is 10.8. The molecule has 0 heterocycles. The van der Waals surface area contributed by atoms with Gasteiger partial charge in [0, 0.05) is 5.92 Å². The molecule has 152 valence electrons. The standard InChI is InChI=1S/C25H20Cl2O3/c26-23-13-7-12-20(25(23)27)14-15-21(28)16-24(29)30-17-22(18-8-3-1-4-9-18)19-10-5-2-6-11-19/h1-15,22H,16-17H2. The van der Waals surface area contributed by atoms with Gasteiger partial charge in [0.25, 0.3) is 0 Å². The molecule has 0 unspecified atom stereocenters. The summed E-state index contributed by atoms with van der Waals surface area (Å²) in [5.41, 5.74) is 2.69. The number of carbonyl (C=O) groups excluding carboxylic acids is 2. The molecule has 5 heteroatoms. The highest BCUT2D eigenvalue weighted by Gasteiger charge is 2.17. The van der Waals surface area contributed by atoms with Crippen LogP contribution in [0.3, 0.4) is 0 Å². The van der Waals surface area contributed by atoms with Crippen molar-refractivity contribution in [3.05, 3.63) is 112 Å². The molecule has 0 radical (unpaired) electrons. The smallest absolute Gasteiger partial charge is 0.313 e. The molecule has 0 atom stereocenters. The minimum absolute atomic E-state index is 0.104. The molecule has 0 fully saturated rings. The normalized spacial score (nSPS) is 11.0. The largest absolute Gasteiger partial charge is 0.464 e. The molecule has 0 aromatic heterocycles. The first-order valence-electron chi connectivity index (χ1n) is 9.45. The fourth-order valence-corrected chi connectivity index (χ4v) is 3.39. The van der Waals surface area contributed by atoms with Crippen molar-refractivity contribution < 1.29 is 14.3 Å². The number of hydrogen-bond donors (Lipinski definition) is 0. The summed E-state index contributed by atoms with van der Waals surface area (Å²) >= 11 is 12.1. The number of halogens is 2. The summed E-state index contributed by atoms with van der Waals surface area (Å²) in [5, 5.41) is 0.762. The van der Waals surface area contributed by atoms with Gasteiger partial charge in [0.2, 0.25) is 0 Å². The Morgan fingerprint density at radius 1 is 0.833 bits per heavy atom. The van der Waals surface area contributed by atoms with E-state index in [1.165, 1.54) is 6.08 Å². The number of benzene rings is 3. The highest BCUT2D eigenvalue weighted by Crippen LogP contribution is 2.27. The Balaban J connectivity index is 1.61. The highest BCUT2D eigenvalue weighted by atomic mass is 35.5. The molecule has 0 aliphatic rings. The monoisotopic (exact) mass is 438 g/mol. The average molecular weight is 439 g/mol. The molecular weight excluding hydrogens is 419 g/mol. The van der Waals surface area contributed by atoms with Gasteiger partial charge in [-0.1, -0.05) is 96.0 Å². The Morgan fingerprint density at radius 3 is 2.03 bits per heavy atom. The molecule has 0 amide bonds. The zero-order chi connectivity index (χ0) is 21.3. The maximum atomic E-state index is 12.2. The second-order valence-corrected chi connectivity index (χ2v) is 7.46. The number of carbonyl (C=O) groups is 2. The zero-order valence-corrected chi connectivity index (χ0v) is 17.6. The number of rotatable bonds is 8. The van der Waals surface area contributed by atoms with Crippen molar-refractivity contribution in [3.8, 4) is 0 Å². The summed E-state index contributed by atoms with van der Waals surface area (Å²) in [6.45, 7) is 0.157. The van der Waals surface area contributed by atoms with Gasteiger partial charge in [-0.15, -0.1) is 0 Å². The third-order valence-corrected chi connectivity index (χ3v) is 5.40. The van der Waals surface area contributed by atoms with Crippen LogP contribution in [-0.4, -0.2) is 18.4 Å². The van der Waals surface area contributed by atoms with Gasteiger partial charge in [0.05, 0.1) is 10.0 Å². The van der Waals surface area contributed by atoms with Gasteiger partial charge in [-0.05, 0) is 34.9 Å². The molecule has 0 N–H and O–H groups in total. The SMILES string of the molecule is O=C(C=Cc1cccc(Cl)c1Cl)CC(=O)OCC(c1ccccc1)c1ccccc1. The van der Waals surface area contributed by atoms with Gasteiger partial charge in [0.1, 0.15) is 13.0 Å². The molecule has 0 bridgehead atoms. The lowest BCUT2D eigenvalue weighted by atomic mass is 9.92. The Labute approximate surface area is 185 Å². The zero-order valence-electron chi connectivity index (χ0n) is 16.1. The number of hydrogen-bond acceptors (Lipinski definition) is 3. The van der Waals surface area contributed by atoms with Crippen molar-refractivity contribution in [1.82, 2.24) is 0 Å². The molecule has 0 saturated heterocycles. The van der Waals surface area contributed by atoms with E-state index < -0.39 is 5.97 Å². The summed E-state index contributed by atoms with van der Waals surface area (Å²) in [7, 11) is 0.